The third kappa shape index (κ3) is 3.24. The van der Waals surface area contributed by atoms with Gasteiger partial charge in [-0.2, -0.15) is 0 Å². The van der Waals surface area contributed by atoms with Crippen molar-refractivity contribution in [3.8, 4) is 10.4 Å². The van der Waals surface area contributed by atoms with Crippen molar-refractivity contribution in [3.05, 3.63) is 46.0 Å². The second-order valence-electron chi connectivity index (χ2n) is 5.78. The summed E-state index contributed by atoms with van der Waals surface area (Å²) in [6.07, 6.45) is 0. The van der Waals surface area contributed by atoms with Gasteiger partial charge in [0, 0.05) is 42.8 Å². The summed E-state index contributed by atoms with van der Waals surface area (Å²) in [5, 5.41) is 10.9. The molecule has 2 heterocycles. The number of nitrogens with zero attached hydrogens (tertiary/aromatic N) is 3. The van der Waals surface area contributed by atoms with Gasteiger partial charge in [0.1, 0.15) is 0 Å². The number of thiophene rings is 1. The maximum atomic E-state index is 11.9. The van der Waals surface area contributed by atoms with Crippen LogP contribution in [0.15, 0.2) is 30.3 Å². The Balaban J connectivity index is 1.95. The third-order valence-electron chi connectivity index (χ3n) is 4.16. The number of amides is 1. The van der Waals surface area contributed by atoms with Gasteiger partial charge in [-0.15, -0.1) is 0 Å². The first kappa shape index (κ1) is 16.4. The summed E-state index contributed by atoms with van der Waals surface area (Å²) in [6, 6.07) is 8.66. The van der Waals surface area contributed by atoms with Crippen LogP contribution in [0.4, 0.5) is 10.7 Å². The Kier molecular flexibility index (Phi) is 4.50. The minimum absolute atomic E-state index is 0.0776. The number of likely N-dealkylation sites (N-methyl/N-ethyl adjacent to an activating group) is 1. The fourth-order valence-electron chi connectivity index (χ4n) is 2.79. The summed E-state index contributed by atoms with van der Waals surface area (Å²) in [5.74, 6) is -0.489. The molecule has 0 saturated carbocycles. The minimum atomic E-state index is -0.489. The molecule has 0 aliphatic carbocycles. The molecular weight excluding hydrogens is 328 g/mol. The lowest BCUT2D eigenvalue weighted by molar-refractivity contribution is -0.380. The van der Waals surface area contributed by atoms with E-state index < -0.39 is 10.8 Å². The van der Waals surface area contributed by atoms with E-state index in [0.717, 1.165) is 53.6 Å². The molecule has 1 saturated heterocycles. The van der Waals surface area contributed by atoms with Crippen LogP contribution in [0.5, 0.6) is 0 Å². The number of primary amides is 1. The van der Waals surface area contributed by atoms with Gasteiger partial charge in [0.25, 0.3) is 5.91 Å². The summed E-state index contributed by atoms with van der Waals surface area (Å²) in [5.41, 5.74) is 7.61. The van der Waals surface area contributed by atoms with Gasteiger partial charge in [-0.25, -0.2) is 0 Å². The second kappa shape index (κ2) is 6.58. The van der Waals surface area contributed by atoms with Crippen LogP contribution in [-0.2, 0) is 0 Å². The highest BCUT2D eigenvalue weighted by Crippen LogP contribution is 2.35. The zero-order valence-electron chi connectivity index (χ0n) is 13.3. The van der Waals surface area contributed by atoms with Gasteiger partial charge in [0.15, 0.2) is 0 Å². The topological polar surface area (TPSA) is 92.7 Å². The maximum Gasteiger partial charge on any atom is 0.324 e. The molecule has 2 N–H and O–H groups in total. The van der Waals surface area contributed by atoms with E-state index in [1.54, 1.807) is 12.1 Å². The zero-order valence-corrected chi connectivity index (χ0v) is 14.1. The summed E-state index contributed by atoms with van der Waals surface area (Å²) in [6.45, 7) is 3.52. The number of anilines is 1. The van der Waals surface area contributed by atoms with Crippen molar-refractivity contribution in [3.63, 3.8) is 0 Å². The van der Waals surface area contributed by atoms with E-state index >= 15 is 0 Å². The number of nitro groups is 1. The van der Waals surface area contributed by atoms with E-state index in [-0.39, 0.29) is 5.00 Å². The number of nitrogens with two attached hydrogens (primary N) is 1. The number of carbonyl (C=O) groups excluding carboxylic acids is 1. The molecule has 0 unspecified atom stereocenters. The molecule has 1 fully saturated rings. The molecule has 1 amide bonds. The highest BCUT2D eigenvalue weighted by Gasteiger charge is 2.20. The monoisotopic (exact) mass is 346 g/mol. The van der Waals surface area contributed by atoms with Crippen LogP contribution >= 0.6 is 11.3 Å². The van der Waals surface area contributed by atoms with Gasteiger partial charge in [0.05, 0.1) is 10.5 Å². The van der Waals surface area contributed by atoms with Crippen LogP contribution in [0.3, 0.4) is 0 Å². The second-order valence-corrected chi connectivity index (χ2v) is 6.84. The molecule has 2 aromatic rings. The van der Waals surface area contributed by atoms with Crippen LogP contribution < -0.4 is 10.6 Å². The quantitative estimate of drug-likeness (QED) is 0.676. The Morgan fingerprint density at radius 3 is 2.50 bits per heavy atom. The van der Waals surface area contributed by atoms with E-state index in [1.807, 2.05) is 12.1 Å². The van der Waals surface area contributed by atoms with Crippen LogP contribution in [0.2, 0.25) is 0 Å². The Hall–Kier alpha value is -2.45. The number of rotatable bonds is 4. The van der Waals surface area contributed by atoms with E-state index in [1.165, 1.54) is 6.07 Å². The first-order chi connectivity index (χ1) is 11.5. The Morgan fingerprint density at radius 2 is 1.92 bits per heavy atom. The molecule has 0 atom stereocenters. The first-order valence-electron chi connectivity index (χ1n) is 7.57. The lowest BCUT2D eigenvalue weighted by Crippen LogP contribution is -2.45. The van der Waals surface area contributed by atoms with Gasteiger partial charge in [0.2, 0.25) is 0 Å². The molecule has 7 nitrogen and oxygen atoms in total. The predicted molar refractivity (Wildman–Crippen MR) is 94.6 cm³/mol. The van der Waals surface area contributed by atoms with Crippen molar-refractivity contribution < 1.29 is 9.72 Å². The fraction of sp³-hybridized carbons (Fsp3) is 0.312. The van der Waals surface area contributed by atoms with E-state index in [4.69, 9.17) is 5.73 Å². The Morgan fingerprint density at radius 1 is 1.21 bits per heavy atom. The molecule has 1 aliphatic heterocycles. The van der Waals surface area contributed by atoms with Gasteiger partial charge >= 0.3 is 5.00 Å². The molecule has 0 radical (unpaired) electrons. The lowest BCUT2D eigenvalue weighted by Gasteiger charge is -2.35. The van der Waals surface area contributed by atoms with Gasteiger partial charge < -0.3 is 15.5 Å². The lowest BCUT2D eigenvalue weighted by atomic mass is 10.1. The molecule has 1 aliphatic rings. The van der Waals surface area contributed by atoms with Gasteiger partial charge in [-0.05, 0) is 30.8 Å². The average Bonchev–Trinajstić information content (AvgIpc) is 3.05. The molecule has 3 rings (SSSR count). The largest absolute Gasteiger partial charge is 0.368 e. The minimum Gasteiger partial charge on any atom is -0.368 e. The molecular formula is C16H18N4O3S. The summed E-state index contributed by atoms with van der Waals surface area (Å²) in [4.78, 5) is 27.5. The van der Waals surface area contributed by atoms with Crippen LogP contribution in [0.25, 0.3) is 10.4 Å². The van der Waals surface area contributed by atoms with Crippen molar-refractivity contribution >= 4 is 27.9 Å². The van der Waals surface area contributed by atoms with E-state index in [9.17, 15) is 14.9 Å². The number of hydrogen-bond donors (Lipinski definition) is 1. The van der Waals surface area contributed by atoms with Crippen molar-refractivity contribution in [2.45, 2.75) is 0 Å². The number of benzene rings is 1. The fourth-order valence-corrected chi connectivity index (χ4v) is 3.61. The molecule has 126 valence electrons. The van der Waals surface area contributed by atoms with Crippen LogP contribution in [-0.4, -0.2) is 49.0 Å². The number of hydrogen-bond acceptors (Lipinski definition) is 6. The zero-order chi connectivity index (χ0) is 17.3. The Bertz CT molecular complexity index is 781. The number of piperazine rings is 1. The molecule has 8 heteroatoms. The van der Waals surface area contributed by atoms with E-state index in [2.05, 4.69) is 16.8 Å². The average molecular weight is 346 g/mol. The van der Waals surface area contributed by atoms with Crippen molar-refractivity contribution in [1.29, 1.82) is 0 Å². The SMILES string of the molecule is CN1CCN(c2ccc(-c3ccc([N+](=O)[O-])s3)cc2C(N)=O)CC1. The van der Waals surface area contributed by atoms with Crippen LogP contribution in [0, 0.1) is 10.1 Å². The van der Waals surface area contributed by atoms with E-state index in [0.29, 0.717) is 5.56 Å². The smallest absolute Gasteiger partial charge is 0.324 e. The highest BCUT2D eigenvalue weighted by atomic mass is 32.1. The van der Waals surface area contributed by atoms with Gasteiger partial charge in [-0.1, -0.05) is 17.4 Å². The van der Waals surface area contributed by atoms with Crippen molar-refractivity contribution in [2.24, 2.45) is 5.73 Å². The normalized spacial score (nSPS) is 15.5. The van der Waals surface area contributed by atoms with Crippen molar-refractivity contribution in [2.75, 3.05) is 38.1 Å². The van der Waals surface area contributed by atoms with Gasteiger partial charge in [-0.3, -0.25) is 14.9 Å². The van der Waals surface area contributed by atoms with Crippen LogP contribution in [0.1, 0.15) is 10.4 Å². The first-order valence-corrected chi connectivity index (χ1v) is 8.39. The summed E-state index contributed by atoms with van der Waals surface area (Å²) >= 11 is 1.08. The van der Waals surface area contributed by atoms with Crippen molar-refractivity contribution in [1.82, 2.24) is 4.90 Å². The Labute approximate surface area is 143 Å². The predicted octanol–water partition coefficient (Wildman–Crippen LogP) is 2.17. The molecule has 1 aromatic heterocycles. The molecule has 24 heavy (non-hydrogen) atoms. The molecule has 1 aromatic carbocycles. The summed E-state index contributed by atoms with van der Waals surface area (Å²) < 4.78 is 0. The highest BCUT2D eigenvalue weighted by molar-refractivity contribution is 7.18. The summed E-state index contributed by atoms with van der Waals surface area (Å²) in [7, 11) is 2.07. The third-order valence-corrected chi connectivity index (χ3v) is 5.25. The molecule has 0 bridgehead atoms. The molecule has 0 spiro atoms. The number of carbonyl (C=O) groups is 1. The standard InChI is InChI=1S/C16H18N4O3S/c1-18-6-8-19(9-7-18)13-3-2-11(10-12(13)16(17)21)14-4-5-15(24-14)20(22)23/h2-5,10H,6-9H2,1H3,(H2,17,21). The maximum absolute atomic E-state index is 11.9.